The topological polar surface area (TPSA) is 144 Å². The van der Waals surface area contributed by atoms with Crippen LogP contribution < -0.4 is 15.5 Å². The van der Waals surface area contributed by atoms with E-state index in [0.717, 1.165) is 98.0 Å². The summed E-state index contributed by atoms with van der Waals surface area (Å²) in [4.78, 5) is 53.9. The Bertz CT molecular complexity index is 1840. The highest BCUT2D eigenvalue weighted by Crippen LogP contribution is 2.30. The van der Waals surface area contributed by atoms with E-state index in [0.29, 0.717) is 49.8 Å². The standard InChI is InChI=1S/C36H42N10O3/c1-25(21-44-13-10-37-11-14-44)35(47)42-29-3-2-12-45(23-29)22-26-8-9-38-32(19-26)36(48)41-28-6-4-27(5-7-28)31-20-30-33(43-31)39-24-40-34(30)46-15-17-49-18-16-46/h4-9,19-20,24,37H,1-3,10-18,21-23H2,(H,41,48)(H,39,40,43). The van der Waals surface area contributed by atoms with Crippen LogP contribution in [-0.2, 0) is 16.1 Å². The number of ether oxygens (including phenoxy) is 1. The molecule has 3 aliphatic rings. The van der Waals surface area contributed by atoms with Crippen molar-refractivity contribution in [2.75, 3.05) is 82.3 Å². The number of hydrogen-bond donors (Lipinski definition) is 3. The number of aliphatic imine (C=N–C) groups is 1. The Morgan fingerprint density at radius 2 is 1.78 bits per heavy atom. The minimum atomic E-state index is -0.278. The van der Waals surface area contributed by atoms with E-state index in [9.17, 15) is 9.59 Å². The number of morpholine rings is 1. The van der Waals surface area contributed by atoms with Gasteiger partial charge in [0.25, 0.3) is 11.8 Å². The molecule has 0 spiro atoms. The van der Waals surface area contributed by atoms with Crippen LogP contribution in [0.4, 0.5) is 11.5 Å². The molecule has 0 saturated carbocycles. The van der Waals surface area contributed by atoms with Crippen LogP contribution in [-0.4, -0.2) is 119 Å². The molecule has 3 saturated heterocycles. The molecule has 0 radical (unpaired) electrons. The molecule has 6 heterocycles. The maximum absolute atomic E-state index is 13.2. The number of aromatic nitrogens is 4. The Balaban J connectivity index is 0.951. The van der Waals surface area contributed by atoms with Gasteiger partial charge >= 0.3 is 0 Å². The fourth-order valence-corrected chi connectivity index (χ4v) is 6.57. The van der Waals surface area contributed by atoms with Crippen LogP contribution in [0.2, 0.25) is 0 Å². The minimum Gasteiger partial charge on any atom is -0.378 e. The summed E-state index contributed by atoms with van der Waals surface area (Å²) in [5, 5.41) is 7.27. The molecule has 3 aromatic heterocycles. The zero-order valence-electron chi connectivity index (χ0n) is 27.7. The largest absolute Gasteiger partial charge is 0.378 e. The van der Waals surface area contributed by atoms with Crippen LogP contribution in [0.1, 0.15) is 28.9 Å². The number of anilines is 2. The van der Waals surface area contributed by atoms with E-state index < -0.39 is 0 Å². The van der Waals surface area contributed by atoms with E-state index in [1.807, 2.05) is 36.4 Å². The van der Waals surface area contributed by atoms with Gasteiger partial charge in [0.2, 0.25) is 0 Å². The highest BCUT2D eigenvalue weighted by Gasteiger charge is 2.21. The molecule has 0 bridgehead atoms. The van der Waals surface area contributed by atoms with Gasteiger partial charge in [-0.05, 0) is 60.8 Å². The van der Waals surface area contributed by atoms with Crippen LogP contribution in [0.15, 0.2) is 72.1 Å². The van der Waals surface area contributed by atoms with Crippen molar-refractivity contribution in [2.24, 2.45) is 4.99 Å². The Morgan fingerprint density at radius 1 is 0.959 bits per heavy atom. The molecule has 2 amide bonds. The average molecular weight is 663 g/mol. The van der Waals surface area contributed by atoms with Crippen molar-refractivity contribution >= 4 is 40.1 Å². The van der Waals surface area contributed by atoms with Crippen molar-refractivity contribution < 1.29 is 14.3 Å². The van der Waals surface area contributed by atoms with E-state index in [1.165, 1.54) is 0 Å². The summed E-state index contributed by atoms with van der Waals surface area (Å²) in [6.45, 7) is 13.3. The van der Waals surface area contributed by atoms with Gasteiger partial charge in [-0.25, -0.2) is 15.0 Å². The number of carbonyl (C=O) groups is 2. The Hall–Kier alpha value is -4.82. The molecule has 3 aliphatic heterocycles. The molecule has 254 valence electrons. The van der Waals surface area contributed by atoms with Gasteiger partial charge in [-0.15, -0.1) is 0 Å². The lowest BCUT2D eigenvalue weighted by atomic mass is 10.1. The molecular formula is C36H42N10O3. The molecular weight excluding hydrogens is 620 g/mol. The first-order valence-corrected chi connectivity index (χ1v) is 17.0. The predicted molar refractivity (Wildman–Crippen MR) is 190 cm³/mol. The first kappa shape index (κ1) is 32.7. The lowest BCUT2D eigenvalue weighted by molar-refractivity contribution is -0.114. The summed E-state index contributed by atoms with van der Waals surface area (Å²) >= 11 is 0. The summed E-state index contributed by atoms with van der Waals surface area (Å²) in [5.41, 5.74) is 6.09. The minimum absolute atomic E-state index is 0.222. The molecule has 13 heteroatoms. The lowest BCUT2D eigenvalue weighted by Gasteiger charge is -2.28. The predicted octanol–water partition coefficient (Wildman–Crippen LogP) is 3.13. The Morgan fingerprint density at radius 3 is 2.59 bits per heavy atom. The molecule has 4 aromatic rings. The fraction of sp³-hybridized carbons (Fsp3) is 0.389. The summed E-state index contributed by atoms with van der Waals surface area (Å²) in [7, 11) is 0. The van der Waals surface area contributed by atoms with Gasteiger partial charge in [0.15, 0.2) is 0 Å². The monoisotopic (exact) mass is 662 g/mol. The van der Waals surface area contributed by atoms with Gasteiger partial charge in [0.1, 0.15) is 23.5 Å². The third kappa shape index (κ3) is 8.08. The number of hydrogen-bond acceptors (Lipinski definition) is 10. The fourth-order valence-electron chi connectivity index (χ4n) is 6.57. The number of H-pyrrole nitrogens is 1. The molecule has 3 N–H and O–H groups in total. The van der Waals surface area contributed by atoms with E-state index in [4.69, 9.17) is 4.74 Å². The van der Waals surface area contributed by atoms with Crippen molar-refractivity contribution in [3.63, 3.8) is 0 Å². The first-order chi connectivity index (χ1) is 24.0. The van der Waals surface area contributed by atoms with Crippen LogP contribution in [0.5, 0.6) is 0 Å². The highest BCUT2D eigenvalue weighted by molar-refractivity contribution is 6.04. The molecule has 1 aromatic carbocycles. The smallest absolute Gasteiger partial charge is 0.274 e. The van der Waals surface area contributed by atoms with Gasteiger partial charge < -0.3 is 25.3 Å². The zero-order chi connectivity index (χ0) is 33.6. The quantitative estimate of drug-likeness (QED) is 0.229. The van der Waals surface area contributed by atoms with E-state index in [2.05, 4.69) is 62.9 Å². The molecule has 49 heavy (non-hydrogen) atoms. The second-order valence-corrected chi connectivity index (χ2v) is 12.7. The molecule has 3 fully saturated rings. The molecule has 7 rings (SSSR count). The second kappa shape index (κ2) is 15.2. The second-order valence-electron chi connectivity index (χ2n) is 12.7. The number of nitrogens with one attached hydrogen (secondary N) is 3. The van der Waals surface area contributed by atoms with Gasteiger partial charge in [-0.1, -0.05) is 18.7 Å². The summed E-state index contributed by atoms with van der Waals surface area (Å²) in [6.07, 6.45) is 4.98. The summed E-state index contributed by atoms with van der Waals surface area (Å²) in [5.74, 6) is 0.404. The average Bonchev–Trinajstić information content (AvgIpc) is 3.58. The number of pyridine rings is 1. The van der Waals surface area contributed by atoms with E-state index in [1.54, 1.807) is 12.5 Å². The van der Waals surface area contributed by atoms with Crippen molar-refractivity contribution in [1.29, 1.82) is 0 Å². The molecule has 0 atom stereocenters. The van der Waals surface area contributed by atoms with Gasteiger partial charge in [-0.3, -0.25) is 24.4 Å². The lowest BCUT2D eigenvalue weighted by Crippen LogP contribution is -2.44. The maximum Gasteiger partial charge on any atom is 0.274 e. The van der Waals surface area contributed by atoms with Crippen LogP contribution in [0.25, 0.3) is 22.3 Å². The SMILES string of the molecule is C=C(CN1CCNCC1)C(=O)N=C1CCCN(Cc2ccnc(C(=O)Nc3ccc(-c4cc5c(N6CCOCC6)ncnc5[nH]4)cc3)c2)C1. The van der Waals surface area contributed by atoms with Gasteiger partial charge in [0, 0.05) is 87.8 Å². The Kier molecular flexibility index (Phi) is 10.1. The molecule has 0 unspecified atom stereocenters. The highest BCUT2D eigenvalue weighted by atomic mass is 16.5. The molecule has 13 nitrogen and oxygen atoms in total. The maximum atomic E-state index is 13.2. The number of piperazine rings is 1. The number of rotatable bonds is 9. The van der Waals surface area contributed by atoms with Gasteiger partial charge in [-0.2, -0.15) is 0 Å². The number of aromatic amines is 1. The van der Waals surface area contributed by atoms with Crippen molar-refractivity contribution in [3.05, 3.63) is 78.4 Å². The summed E-state index contributed by atoms with van der Waals surface area (Å²) in [6, 6.07) is 13.5. The third-order valence-corrected chi connectivity index (χ3v) is 9.16. The van der Waals surface area contributed by atoms with Crippen LogP contribution >= 0.6 is 0 Å². The van der Waals surface area contributed by atoms with Crippen LogP contribution in [0.3, 0.4) is 0 Å². The Labute approximate surface area is 285 Å². The number of benzene rings is 1. The number of piperidine rings is 1. The van der Waals surface area contributed by atoms with E-state index >= 15 is 0 Å². The van der Waals surface area contributed by atoms with Crippen molar-refractivity contribution in [3.8, 4) is 11.3 Å². The zero-order valence-corrected chi connectivity index (χ0v) is 27.7. The number of amides is 2. The number of carbonyl (C=O) groups excluding carboxylic acids is 2. The van der Waals surface area contributed by atoms with Crippen molar-refractivity contribution in [2.45, 2.75) is 19.4 Å². The normalized spacial score (nSPS) is 18.5. The number of nitrogens with zero attached hydrogens (tertiary/aromatic N) is 7. The third-order valence-electron chi connectivity index (χ3n) is 9.16. The van der Waals surface area contributed by atoms with E-state index in [-0.39, 0.29) is 11.8 Å². The van der Waals surface area contributed by atoms with Gasteiger partial charge in [0.05, 0.1) is 18.6 Å². The summed E-state index contributed by atoms with van der Waals surface area (Å²) < 4.78 is 5.50. The van der Waals surface area contributed by atoms with Crippen molar-refractivity contribution in [1.82, 2.24) is 35.1 Å². The number of fused-ring (bicyclic) bond motifs is 1. The molecule has 0 aliphatic carbocycles. The number of likely N-dealkylation sites (tertiary alicyclic amines) is 1. The van der Waals surface area contributed by atoms with Crippen LogP contribution in [0, 0.1) is 0 Å². The first-order valence-electron chi connectivity index (χ1n) is 17.0.